The van der Waals surface area contributed by atoms with Crippen LogP contribution in [-0.4, -0.2) is 35.7 Å². The molecule has 1 unspecified atom stereocenters. The van der Waals surface area contributed by atoms with Gasteiger partial charge in [0.1, 0.15) is 11.3 Å². The van der Waals surface area contributed by atoms with Gasteiger partial charge in [-0.2, -0.15) is 0 Å². The molecule has 0 saturated carbocycles. The van der Waals surface area contributed by atoms with Crippen molar-refractivity contribution >= 4 is 28.5 Å². The Hall–Kier alpha value is -2.83. The van der Waals surface area contributed by atoms with Crippen molar-refractivity contribution in [1.29, 1.82) is 0 Å². The Morgan fingerprint density at radius 3 is 2.77 bits per heavy atom. The molecule has 1 aromatic heterocycles. The van der Waals surface area contributed by atoms with E-state index in [1.165, 1.54) is 0 Å². The number of esters is 1. The molecule has 0 amide bonds. The van der Waals surface area contributed by atoms with E-state index in [9.17, 15) is 14.7 Å². The highest BCUT2D eigenvalue weighted by Crippen LogP contribution is 2.31. The number of phenols is 1. The molecule has 2 heterocycles. The molecular formula is C24H24ClNO5. The van der Waals surface area contributed by atoms with Crippen LogP contribution >= 0.6 is 11.6 Å². The number of carbonyl (C=O) groups excluding carboxylic acids is 1. The van der Waals surface area contributed by atoms with E-state index in [2.05, 4.69) is 4.90 Å². The van der Waals surface area contributed by atoms with Crippen molar-refractivity contribution in [3.8, 4) is 16.9 Å². The summed E-state index contributed by atoms with van der Waals surface area (Å²) in [7, 11) is 0. The number of benzene rings is 2. The predicted molar refractivity (Wildman–Crippen MR) is 119 cm³/mol. The van der Waals surface area contributed by atoms with E-state index < -0.39 is 5.63 Å². The number of fused-ring (bicyclic) bond motifs is 1. The van der Waals surface area contributed by atoms with Crippen molar-refractivity contribution in [1.82, 2.24) is 4.90 Å². The van der Waals surface area contributed by atoms with Gasteiger partial charge in [0, 0.05) is 23.5 Å². The summed E-state index contributed by atoms with van der Waals surface area (Å²) in [4.78, 5) is 27.0. The van der Waals surface area contributed by atoms with Crippen LogP contribution in [0.25, 0.3) is 22.1 Å². The summed E-state index contributed by atoms with van der Waals surface area (Å²) in [5.41, 5.74) is 1.57. The molecule has 0 bridgehead atoms. The van der Waals surface area contributed by atoms with Crippen LogP contribution in [0.15, 0.2) is 51.7 Å². The van der Waals surface area contributed by atoms with Crippen LogP contribution < -0.4 is 5.63 Å². The van der Waals surface area contributed by atoms with Gasteiger partial charge < -0.3 is 14.3 Å². The van der Waals surface area contributed by atoms with Gasteiger partial charge in [0.2, 0.25) is 0 Å². The van der Waals surface area contributed by atoms with Crippen LogP contribution in [-0.2, 0) is 16.1 Å². The molecule has 1 aliphatic heterocycles. The second-order valence-corrected chi connectivity index (χ2v) is 8.20. The van der Waals surface area contributed by atoms with Gasteiger partial charge in [-0.3, -0.25) is 9.69 Å². The fourth-order valence-electron chi connectivity index (χ4n) is 4.09. The lowest BCUT2D eigenvalue weighted by Crippen LogP contribution is -2.39. The first-order chi connectivity index (χ1) is 15.0. The number of aromatic hydroxyl groups is 1. The number of phenolic OH excluding ortho intramolecular Hbond substituents is 1. The van der Waals surface area contributed by atoms with Gasteiger partial charge in [0.05, 0.1) is 23.7 Å². The third-order valence-corrected chi connectivity index (χ3v) is 5.90. The Morgan fingerprint density at radius 1 is 1.26 bits per heavy atom. The summed E-state index contributed by atoms with van der Waals surface area (Å²) < 4.78 is 10.8. The van der Waals surface area contributed by atoms with Gasteiger partial charge in [0.15, 0.2) is 0 Å². The van der Waals surface area contributed by atoms with E-state index in [1.54, 1.807) is 49.4 Å². The first-order valence-electron chi connectivity index (χ1n) is 10.4. The maximum Gasteiger partial charge on any atom is 0.344 e. The standard InChI is InChI=1S/C24H24ClNO5/c1-2-30-23(28)17-4-3-11-26(13-17)14-20-21(27)10-7-16-12-19(24(29)31-22(16)20)15-5-8-18(25)9-6-15/h5-10,12,17,27H,2-4,11,13-14H2,1H3. The van der Waals surface area contributed by atoms with Crippen LogP contribution in [0, 0.1) is 5.92 Å². The van der Waals surface area contributed by atoms with E-state index in [1.807, 2.05) is 0 Å². The Bertz CT molecular complexity index is 1160. The topological polar surface area (TPSA) is 80.0 Å². The number of halogens is 1. The predicted octanol–water partition coefficient (Wildman–Crippen LogP) is 4.59. The SMILES string of the molecule is CCOC(=O)C1CCCN(Cc2c(O)ccc3cc(-c4ccc(Cl)cc4)c(=O)oc23)C1. The third kappa shape index (κ3) is 4.60. The Labute approximate surface area is 185 Å². The summed E-state index contributed by atoms with van der Waals surface area (Å²) in [5.74, 6) is -0.309. The molecule has 1 fully saturated rings. The van der Waals surface area contributed by atoms with Gasteiger partial charge in [-0.1, -0.05) is 23.7 Å². The summed E-state index contributed by atoms with van der Waals surface area (Å²) in [6.45, 7) is 3.87. The molecule has 31 heavy (non-hydrogen) atoms. The van der Waals surface area contributed by atoms with Crippen LogP contribution in [0.3, 0.4) is 0 Å². The number of piperidine rings is 1. The van der Waals surface area contributed by atoms with E-state index in [0.29, 0.717) is 47.0 Å². The van der Waals surface area contributed by atoms with Gasteiger partial charge in [0.25, 0.3) is 0 Å². The zero-order chi connectivity index (χ0) is 22.0. The number of ether oxygens (including phenoxy) is 1. The quantitative estimate of drug-likeness (QED) is 0.460. The number of hydrogen-bond donors (Lipinski definition) is 1. The molecule has 1 saturated heterocycles. The summed E-state index contributed by atoms with van der Waals surface area (Å²) >= 11 is 5.95. The van der Waals surface area contributed by atoms with Crippen molar-refractivity contribution in [2.45, 2.75) is 26.3 Å². The smallest absolute Gasteiger partial charge is 0.344 e. The minimum absolute atomic E-state index is 0.0631. The van der Waals surface area contributed by atoms with Crippen LogP contribution in [0.4, 0.5) is 0 Å². The summed E-state index contributed by atoms with van der Waals surface area (Å²) in [5, 5.41) is 11.8. The molecule has 162 valence electrons. The number of nitrogens with zero attached hydrogens (tertiary/aromatic N) is 1. The largest absolute Gasteiger partial charge is 0.507 e. The maximum atomic E-state index is 12.7. The van der Waals surface area contributed by atoms with Crippen molar-refractivity contribution in [2.24, 2.45) is 5.92 Å². The average molecular weight is 442 g/mol. The highest BCUT2D eigenvalue weighted by molar-refractivity contribution is 6.30. The fraction of sp³-hybridized carbons (Fsp3) is 0.333. The zero-order valence-corrected chi connectivity index (χ0v) is 18.0. The Morgan fingerprint density at radius 2 is 2.03 bits per heavy atom. The lowest BCUT2D eigenvalue weighted by Gasteiger charge is -2.31. The van der Waals surface area contributed by atoms with Crippen molar-refractivity contribution in [3.63, 3.8) is 0 Å². The van der Waals surface area contributed by atoms with E-state index >= 15 is 0 Å². The van der Waals surface area contributed by atoms with E-state index in [-0.39, 0.29) is 17.6 Å². The number of carbonyl (C=O) groups is 1. The molecule has 1 N–H and O–H groups in total. The molecule has 0 spiro atoms. The molecule has 0 radical (unpaired) electrons. The molecule has 0 aliphatic carbocycles. The van der Waals surface area contributed by atoms with Gasteiger partial charge in [-0.15, -0.1) is 0 Å². The molecule has 1 aliphatic rings. The first kappa shape index (κ1) is 21.4. The number of rotatable bonds is 5. The van der Waals surface area contributed by atoms with Crippen molar-refractivity contribution in [2.75, 3.05) is 19.7 Å². The minimum atomic E-state index is -0.482. The van der Waals surface area contributed by atoms with E-state index in [4.69, 9.17) is 20.8 Å². The molecule has 2 aromatic carbocycles. The summed E-state index contributed by atoms with van der Waals surface area (Å²) in [6, 6.07) is 12.1. The van der Waals surface area contributed by atoms with Crippen LogP contribution in [0.1, 0.15) is 25.3 Å². The lowest BCUT2D eigenvalue weighted by molar-refractivity contribution is -0.150. The zero-order valence-electron chi connectivity index (χ0n) is 17.3. The third-order valence-electron chi connectivity index (χ3n) is 5.64. The number of hydrogen-bond acceptors (Lipinski definition) is 6. The van der Waals surface area contributed by atoms with Gasteiger partial charge in [-0.05, 0) is 62.2 Å². The molecular weight excluding hydrogens is 418 g/mol. The highest BCUT2D eigenvalue weighted by atomic mass is 35.5. The maximum absolute atomic E-state index is 12.7. The Balaban J connectivity index is 1.66. The average Bonchev–Trinajstić information content (AvgIpc) is 2.77. The van der Waals surface area contributed by atoms with Crippen molar-refractivity contribution in [3.05, 3.63) is 63.5 Å². The van der Waals surface area contributed by atoms with Crippen molar-refractivity contribution < 1.29 is 19.1 Å². The summed E-state index contributed by atoms with van der Waals surface area (Å²) in [6.07, 6.45) is 1.65. The molecule has 1 atom stereocenters. The lowest BCUT2D eigenvalue weighted by atomic mass is 9.97. The van der Waals surface area contributed by atoms with Crippen LogP contribution in [0.2, 0.25) is 5.02 Å². The molecule has 7 heteroatoms. The molecule has 6 nitrogen and oxygen atoms in total. The highest BCUT2D eigenvalue weighted by Gasteiger charge is 2.28. The fourth-order valence-corrected chi connectivity index (χ4v) is 4.22. The second kappa shape index (κ2) is 9.12. The van der Waals surface area contributed by atoms with E-state index in [0.717, 1.165) is 24.8 Å². The normalized spacial score (nSPS) is 17.0. The number of likely N-dealkylation sites (tertiary alicyclic amines) is 1. The Kier molecular flexibility index (Phi) is 6.30. The second-order valence-electron chi connectivity index (χ2n) is 7.76. The van der Waals surface area contributed by atoms with Gasteiger partial charge >= 0.3 is 11.6 Å². The molecule has 4 rings (SSSR count). The minimum Gasteiger partial charge on any atom is -0.507 e. The monoisotopic (exact) mass is 441 g/mol. The first-order valence-corrected chi connectivity index (χ1v) is 10.8. The molecule has 3 aromatic rings. The van der Waals surface area contributed by atoms with Crippen LogP contribution in [0.5, 0.6) is 5.75 Å². The van der Waals surface area contributed by atoms with Gasteiger partial charge in [-0.25, -0.2) is 4.79 Å².